The van der Waals surface area contributed by atoms with Gasteiger partial charge in [-0.3, -0.25) is 13.8 Å². The number of phosphoric acid groups is 1. The Balaban J connectivity index is 3.86. The molecule has 0 aliphatic carbocycles. The molecular weight excluding hydrogens is 1060 g/mol. The van der Waals surface area contributed by atoms with E-state index in [2.05, 4.69) is 19.2 Å². The molecular formula is C75H152N2O6P+. The molecule has 0 spiro atoms. The van der Waals surface area contributed by atoms with Crippen LogP contribution in [0.2, 0.25) is 0 Å². The van der Waals surface area contributed by atoms with E-state index in [0.29, 0.717) is 17.4 Å². The molecule has 0 aromatic carbocycles. The summed E-state index contributed by atoms with van der Waals surface area (Å²) in [5, 5.41) is 14.0. The Morgan fingerprint density at radius 2 is 0.631 bits per heavy atom. The van der Waals surface area contributed by atoms with Crippen LogP contribution in [-0.4, -0.2) is 73.4 Å². The minimum Gasteiger partial charge on any atom is -0.387 e. The number of unbranched alkanes of at least 4 members (excludes halogenated alkanes) is 59. The normalized spacial score (nSPS) is 13.6. The second kappa shape index (κ2) is 66.7. The van der Waals surface area contributed by atoms with Gasteiger partial charge in [-0.2, -0.15) is 0 Å². The number of nitrogens with one attached hydrogen (secondary N) is 1. The largest absolute Gasteiger partial charge is 0.472 e. The minimum atomic E-state index is -4.35. The van der Waals surface area contributed by atoms with Crippen LogP contribution in [0.5, 0.6) is 0 Å². The van der Waals surface area contributed by atoms with Crippen LogP contribution in [0.1, 0.15) is 412 Å². The lowest BCUT2D eigenvalue weighted by atomic mass is 10.0. The molecule has 0 rings (SSSR count). The van der Waals surface area contributed by atoms with Crippen molar-refractivity contribution in [3.8, 4) is 0 Å². The molecule has 3 atom stereocenters. The number of allylic oxidation sites excluding steroid dienone is 1. The molecule has 0 aliphatic heterocycles. The van der Waals surface area contributed by atoms with Crippen molar-refractivity contribution in [1.82, 2.24) is 5.32 Å². The molecule has 0 aliphatic rings. The molecule has 9 heteroatoms. The summed E-state index contributed by atoms with van der Waals surface area (Å²) in [6.07, 6.45) is 86.9. The lowest BCUT2D eigenvalue weighted by Crippen LogP contribution is -2.45. The third-order valence-corrected chi connectivity index (χ3v) is 19.0. The van der Waals surface area contributed by atoms with E-state index in [1.54, 1.807) is 6.08 Å². The van der Waals surface area contributed by atoms with Gasteiger partial charge in [0.1, 0.15) is 13.2 Å². The number of rotatable bonds is 72. The summed E-state index contributed by atoms with van der Waals surface area (Å²) >= 11 is 0. The number of carbonyl (C=O) groups excluding carboxylic acids is 1. The van der Waals surface area contributed by atoms with Crippen LogP contribution < -0.4 is 5.32 Å². The van der Waals surface area contributed by atoms with E-state index in [1.807, 2.05) is 27.2 Å². The summed E-state index contributed by atoms with van der Waals surface area (Å²) < 4.78 is 23.8. The van der Waals surface area contributed by atoms with Gasteiger partial charge in [0.2, 0.25) is 5.91 Å². The van der Waals surface area contributed by atoms with Crippen molar-refractivity contribution in [2.75, 3.05) is 40.9 Å². The fourth-order valence-corrected chi connectivity index (χ4v) is 12.8. The zero-order chi connectivity index (χ0) is 61.2. The van der Waals surface area contributed by atoms with Gasteiger partial charge in [0.15, 0.2) is 0 Å². The maximum Gasteiger partial charge on any atom is 0.472 e. The Hall–Kier alpha value is -0.760. The maximum absolute atomic E-state index is 13.1. The van der Waals surface area contributed by atoms with E-state index < -0.39 is 20.0 Å². The van der Waals surface area contributed by atoms with E-state index in [1.165, 1.54) is 360 Å². The maximum atomic E-state index is 13.1. The van der Waals surface area contributed by atoms with Crippen LogP contribution in [0.15, 0.2) is 12.2 Å². The number of quaternary nitrogens is 1. The first-order valence-electron chi connectivity index (χ1n) is 38.1. The number of aliphatic hydroxyl groups excluding tert-OH is 1. The first-order valence-corrected chi connectivity index (χ1v) is 39.6. The van der Waals surface area contributed by atoms with Gasteiger partial charge in [0.25, 0.3) is 0 Å². The Bertz CT molecular complexity index is 1370. The molecule has 0 aromatic heterocycles. The van der Waals surface area contributed by atoms with Gasteiger partial charge in [-0.05, 0) is 19.3 Å². The third kappa shape index (κ3) is 68.7. The number of likely N-dealkylation sites (N-methyl/N-ethyl adjacent to an activating group) is 1. The third-order valence-electron chi connectivity index (χ3n) is 18.0. The average molecular weight is 1210 g/mol. The number of hydrogen-bond acceptors (Lipinski definition) is 5. The Labute approximate surface area is 526 Å². The molecule has 0 aromatic rings. The van der Waals surface area contributed by atoms with Crippen molar-refractivity contribution in [2.45, 2.75) is 424 Å². The minimum absolute atomic E-state index is 0.0655. The molecule has 1 amide bonds. The topological polar surface area (TPSA) is 105 Å². The van der Waals surface area contributed by atoms with Crippen LogP contribution in [0.3, 0.4) is 0 Å². The molecule has 0 radical (unpaired) electrons. The number of aliphatic hydroxyl groups is 1. The van der Waals surface area contributed by atoms with E-state index in [9.17, 15) is 19.4 Å². The summed E-state index contributed by atoms with van der Waals surface area (Å²) in [6, 6.07) is -0.844. The predicted octanol–water partition coefficient (Wildman–Crippen LogP) is 24.5. The molecule has 3 N–H and O–H groups in total. The number of amides is 1. The van der Waals surface area contributed by atoms with Crippen molar-refractivity contribution in [3.05, 3.63) is 12.2 Å². The highest BCUT2D eigenvalue weighted by molar-refractivity contribution is 7.47. The van der Waals surface area contributed by atoms with Crippen LogP contribution in [0.4, 0.5) is 0 Å². The molecule has 84 heavy (non-hydrogen) atoms. The summed E-state index contributed by atoms with van der Waals surface area (Å²) in [7, 11) is 1.60. The predicted molar refractivity (Wildman–Crippen MR) is 369 cm³/mol. The lowest BCUT2D eigenvalue weighted by Gasteiger charge is -2.25. The highest BCUT2D eigenvalue weighted by Crippen LogP contribution is 2.43. The van der Waals surface area contributed by atoms with Crippen LogP contribution >= 0.6 is 7.82 Å². The lowest BCUT2D eigenvalue weighted by molar-refractivity contribution is -0.870. The molecule has 502 valence electrons. The number of nitrogens with zero attached hydrogens (tertiary/aromatic N) is 1. The van der Waals surface area contributed by atoms with Gasteiger partial charge >= 0.3 is 7.82 Å². The van der Waals surface area contributed by atoms with Crippen molar-refractivity contribution >= 4 is 13.7 Å². The Morgan fingerprint density at radius 3 is 0.881 bits per heavy atom. The van der Waals surface area contributed by atoms with Crippen molar-refractivity contribution in [1.29, 1.82) is 0 Å². The van der Waals surface area contributed by atoms with E-state index in [0.717, 1.165) is 32.1 Å². The fraction of sp³-hybridized carbons (Fsp3) is 0.960. The highest BCUT2D eigenvalue weighted by atomic mass is 31.2. The first-order chi connectivity index (χ1) is 41.0. The van der Waals surface area contributed by atoms with Crippen molar-refractivity contribution in [3.63, 3.8) is 0 Å². The molecule has 0 bridgehead atoms. The van der Waals surface area contributed by atoms with E-state index >= 15 is 0 Å². The summed E-state index contributed by atoms with van der Waals surface area (Å²) in [4.78, 5) is 23.4. The van der Waals surface area contributed by atoms with Gasteiger partial charge in [-0.1, -0.05) is 398 Å². The molecule has 0 fully saturated rings. The average Bonchev–Trinajstić information content (AvgIpc) is 3.56. The van der Waals surface area contributed by atoms with Crippen molar-refractivity contribution < 1.29 is 32.9 Å². The smallest absolute Gasteiger partial charge is 0.387 e. The molecule has 0 heterocycles. The van der Waals surface area contributed by atoms with E-state index in [4.69, 9.17) is 9.05 Å². The number of hydrogen-bond donors (Lipinski definition) is 3. The zero-order valence-electron chi connectivity index (χ0n) is 57.7. The second-order valence-corrected chi connectivity index (χ2v) is 29.2. The zero-order valence-corrected chi connectivity index (χ0v) is 58.6. The fourth-order valence-electron chi connectivity index (χ4n) is 12.1. The second-order valence-electron chi connectivity index (χ2n) is 27.7. The van der Waals surface area contributed by atoms with Crippen LogP contribution in [0, 0.1) is 0 Å². The Kier molecular flexibility index (Phi) is 66.1. The molecule has 3 unspecified atom stereocenters. The summed E-state index contributed by atoms with van der Waals surface area (Å²) in [5.41, 5.74) is 0. The van der Waals surface area contributed by atoms with Gasteiger partial charge in [0.05, 0.1) is 39.9 Å². The first kappa shape index (κ1) is 83.2. The molecule has 0 saturated carbocycles. The number of phosphoric ester groups is 1. The van der Waals surface area contributed by atoms with Gasteiger partial charge in [-0.25, -0.2) is 4.57 Å². The molecule has 0 saturated heterocycles. The van der Waals surface area contributed by atoms with Crippen molar-refractivity contribution in [2.24, 2.45) is 0 Å². The van der Waals surface area contributed by atoms with Crippen LogP contribution in [0.25, 0.3) is 0 Å². The highest BCUT2D eigenvalue weighted by Gasteiger charge is 2.28. The summed E-state index contributed by atoms with van der Waals surface area (Å²) in [5.74, 6) is -0.166. The monoisotopic (exact) mass is 1210 g/mol. The SMILES string of the molecule is CCCCCCCCCCCCCCCCCCCCC/C=C/C(O)C(COP(=O)(O)OCC[N+](C)(C)C)NC(=O)CCCCCCCCCCCCCCCCCCCCCCCCCCCCCCCCCCCCCCCCCCC. The van der Waals surface area contributed by atoms with Gasteiger partial charge in [-0.15, -0.1) is 0 Å². The standard InChI is InChI=1S/C75H151N2O6P/c1-6-8-10-12-14-16-18-20-22-24-26-28-29-30-31-32-33-34-35-36-37-38-39-40-41-42-43-44-45-46-47-49-51-53-55-57-59-61-63-65-67-69-75(79)76-73(72-83-84(80,81)82-71-70-77(3,4)5)74(78)68-66-64-62-60-58-56-54-52-50-48-27-25-23-21-19-17-15-13-11-9-7-2/h66,68,73-74,78H,6-65,67,69-72H2,1-5H3,(H-,76,79,80,81)/p+1/b68-66+. The van der Waals surface area contributed by atoms with Gasteiger partial charge < -0.3 is 19.8 Å². The Morgan fingerprint density at radius 1 is 0.393 bits per heavy atom. The van der Waals surface area contributed by atoms with Crippen LogP contribution in [-0.2, 0) is 18.4 Å². The summed E-state index contributed by atoms with van der Waals surface area (Å²) in [6.45, 7) is 4.89. The molecule has 8 nitrogen and oxygen atoms in total. The number of carbonyl (C=O) groups is 1. The van der Waals surface area contributed by atoms with E-state index in [-0.39, 0.29) is 19.1 Å². The van der Waals surface area contributed by atoms with Gasteiger partial charge in [0, 0.05) is 6.42 Å². The quantitative estimate of drug-likeness (QED) is 0.0243.